The van der Waals surface area contributed by atoms with E-state index in [4.69, 9.17) is 9.84 Å². The number of hydrogen-bond donors (Lipinski definition) is 1. The molecule has 1 N–H and O–H groups in total. The molecule has 0 amide bonds. The third-order valence-corrected chi connectivity index (χ3v) is 2.50. The maximum absolute atomic E-state index is 10.4. The van der Waals surface area contributed by atoms with Gasteiger partial charge in [0.05, 0.1) is 12.6 Å². The first kappa shape index (κ1) is 11.5. The number of rotatable bonds is 6. The third-order valence-electron chi connectivity index (χ3n) is 2.50. The zero-order valence-corrected chi connectivity index (χ0v) is 8.74. The van der Waals surface area contributed by atoms with Gasteiger partial charge < -0.3 is 9.84 Å². The van der Waals surface area contributed by atoms with Gasteiger partial charge in [-0.2, -0.15) is 0 Å². The summed E-state index contributed by atoms with van der Waals surface area (Å²) < 4.78 is 5.48. The van der Waals surface area contributed by atoms with Crippen LogP contribution in [-0.4, -0.2) is 48.8 Å². The van der Waals surface area contributed by atoms with E-state index in [1.807, 2.05) is 11.9 Å². The van der Waals surface area contributed by atoms with Crippen LogP contribution in [0.15, 0.2) is 0 Å². The molecule has 0 aromatic heterocycles. The van der Waals surface area contributed by atoms with Gasteiger partial charge in [-0.25, -0.2) is 0 Å². The van der Waals surface area contributed by atoms with E-state index in [1.54, 1.807) is 0 Å². The van der Waals surface area contributed by atoms with Crippen molar-refractivity contribution < 1.29 is 14.6 Å². The lowest BCUT2D eigenvalue weighted by molar-refractivity contribution is -0.137. The van der Waals surface area contributed by atoms with Crippen LogP contribution in [0.2, 0.25) is 0 Å². The molecule has 1 saturated heterocycles. The molecule has 0 unspecified atom stereocenters. The first-order chi connectivity index (χ1) is 6.68. The van der Waals surface area contributed by atoms with Crippen LogP contribution < -0.4 is 0 Å². The topological polar surface area (TPSA) is 49.8 Å². The van der Waals surface area contributed by atoms with Crippen LogP contribution in [0.3, 0.4) is 0 Å². The third kappa shape index (κ3) is 4.58. The summed E-state index contributed by atoms with van der Waals surface area (Å²) in [5.74, 6) is -0.760. The standard InChI is InChI=1S/C10H19NO3/c1-11(8-10(12)13)6-2-4-9-5-3-7-14-9/h9H,2-8H2,1H3,(H,12,13)/t9-/m0/s1. The number of carboxylic acids is 1. The van der Waals surface area contributed by atoms with Crippen molar-refractivity contribution in [3.05, 3.63) is 0 Å². The fourth-order valence-corrected chi connectivity index (χ4v) is 1.77. The van der Waals surface area contributed by atoms with Crippen molar-refractivity contribution in [2.45, 2.75) is 31.8 Å². The summed E-state index contributed by atoms with van der Waals surface area (Å²) in [6.07, 6.45) is 4.85. The van der Waals surface area contributed by atoms with E-state index in [2.05, 4.69) is 0 Å². The molecule has 4 heteroatoms. The van der Waals surface area contributed by atoms with Gasteiger partial charge in [0.15, 0.2) is 0 Å². The lowest BCUT2D eigenvalue weighted by Crippen LogP contribution is -2.27. The number of hydrogen-bond acceptors (Lipinski definition) is 3. The SMILES string of the molecule is CN(CCC[C@H]1CCCO1)CC(=O)O. The minimum absolute atomic E-state index is 0.130. The average Bonchev–Trinajstić information content (AvgIpc) is 2.55. The van der Waals surface area contributed by atoms with E-state index in [-0.39, 0.29) is 6.54 Å². The van der Waals surface area contributed by atoms with Gasteiger partial charge in [0, 0.05) is 6.61 Å². The Morgan fingerprint density at radius 3 is 3.00 bits per heavy atom. The molecule has 82 valence electrons. The highest BCUT2D eigenvalue weighted by atomic mass is 16.5. The summed E-state index contributed by atoms with van der Waals surface area (Å²) in [4.78, 5) is 12.2. The summed E-state index contributed by atoms with van der Waals surface area (Å²) in [5.41, 5.74) is 0. The van der Waals surface area contributed by atoms with Crippen molar-refractivity contribution in [3.8, 4) is 0 Å². The molecule has 4 nitrogen and oxygen atoms in total. The van der Waals surface area contributed by atoms with Crippen LogP contribution in [0.25, 0.3) is 0 Å². The second-order valence-electron chi connectivity index (χ2n) is 3.91. The fourth-order valence-electron chi connectivity index (χ4n) is 1.77. The molecule has 0 aliphatic carbocycles. The average molecular weight is 201 g/mol. The summed E-state index contributed by atoms with van der Waals surface area (Å²) in [6, 6.07) is 0. The summed E-state index contributed by atoms with van der Waals surface area (Å²) in [7, 11) is 1.84. The first-order valence-corrected chi connectivity index (χ1v) is 5.20. The predicted molar refractivity (Wildman–Crippen MR) is 53.3 cm³/mol. The highest BCUT2D eigenvalue weighted by Crippen LogP contribution is 2.16. The van der Waals surface area contributed by atoms with Crippen LogP contribution in [-0.2, 0) is 9.53 Å². The largest absolute Gasteiger partial charge is 0.480 e. The highest BCUT2D eigenvalue weighted by Gasteiger charge is 2.15. The number of likely N-dealkylation sites (N-methyl/N-ethyl adjacent to an activating group) is 1. The Kier molecular flexibility index (Phi) is 4.90. The summed E-state index contributed by atoms with van der Waals surface area (Å²) >= 11 is 0. The van der Waals surface area contributed by atoms with Crippen molar-refractivity contribution in [2.24, 2.45) is 0 Å². The molecule has 0 bridgehead atoms. The molecule has 0 aromatic rings. The number of nitrogens with zero attached hydrogens (tertiary/aromatic N) is 1. The molecule has 0 radical (unpaired) electrons. The van der Waals surface area contributed by atoms with Gasteiger partial charge >= 0.3 is 5.97 Å². The second kappa shape index (κ2) is 5.98. The van der Waals surface area contributed by atoms with E-state index < -0.39 is 5.97 Å². The fraction of sp³-hybridized carbons (Fsp3) is 0.900. The van der Waals surface area contributed by atoms with Gasteiger partial charge in [-0.15, -0.1) is 0 Å². The minimum atomic E-state index is -0.760. The summed E-state index contributed by atoms with van der Waals surface area (Å²) in [5, 5.41) is 8.53. The van der Waals surface area contributed by atoms with Crippen LogP contribution in [0.4, 0.5) is 0 Å². The van der Waals surface area contributed by atoms with Gasteiger partial charge in [0.1, 0.15) is 0 Å². The molecule has 14 heavy (non-hydrogen) atoms. The maximum atomic E-state index is 10.4. The Labute approximate surface area is 84.8 Å². The molecule has 0 spiro atoms. The molecular formula is C10H19NO3. The highest BCUT2D eigenvalue weighted by molar-refractivity contribution is 5.68. The molecule has 1 aliphatic rings. The maximum Gasteiger partial charge on any atom is 0.317 e. The lowest BCUT2D eigenvalue weighted by atomic mass is 10.1. The molecule has 0 aromatic carbocycles. The first-order valence-electron chi connectivity index (χ1n) is 5.20. The molecule has 1 aliphatic heterocycles. The Balaban J connectivity index is 1.99. The van der Waals surface area contributed by atoms with E-state index in [1.165, 1.54) is 12.8 Å². The van der Waals surface area contributed by atoms with Gasteiger partial charge in [-0.1, -0.05) is 0 Å². The van der Waals surface area contributed by atoms with Gasteiger partial charge in [0.25, 0.3) is 0 Å². The van der Waals surface area contributed by atoms with Crippen molar-refractivity contribution >= 4 is 5.97 Å². The molecule has 1 atom stereocenters. The molecule has 1 rings (SSSR count). The Hall–Kier alpha value is -0.610. The van der Waals surface area contributed by atoms with E-state index in [0.717, 1.165) is 26.0 Å². The Morgan fingerprint density at radius 2 is 2.43 bits per heavy atom. The monoisotopic (exact) mass is 201 g/mol. The quantitative estimate of drug-likeness (QED) is 0.695. The van der Waals surface area contributed by atoms with Crippen molar-refractivity contribution in [2.75, 3.05) is 26.7 Å². The number of ether oxygens (including phenoxy) is 1. The number of carbonyl (C=O) groups is 1. The lowest BCUT2D eigenvalue weighted by Gasteiger charge is -2.15. The van der Waals surface area contributed by atoms with Gasteiger partial charge in [-0.3, -0.25) is 9.69 Å². The van der Waals surface area contributed by atoms with Crippen LogP contribution in [0.5, 0.6) is 0 Å². The second-order valence-corrected chi connectivity index (χ2v) is 3.91. The summed E-state index contributed by atoms with van der Waals surface area (Å²) in [6.45, 7) is 1.87. The van der Waals surface area contributed by atoms with Gasteiger partial charge in [-0.05, 0) is 39.3 Å². The number of carboxylic acid groups (broad SMARTS) is 1. The zero-order chi connectivity index (χ0) is 10.4. The molecular weight excluding hydrogens is 182 g/mol. The molecule has 0 saturated carbocycles. The Morgan fingerprint density at radius 1 is 1.64 bits per heavy atom. The van der Waals surface area contributed by atoms with E-state index >= 15 is 0 Å². The van der Waals surface area contributed by atoms with Crippen LogP contribution >= 0.6 is 0 Å². The van der Waals surface area contributed by atoms with Crippen LogP contribution in [0, 0.1) is 0 Å². The Bertz CT molecular complexity index is 178. The zero-order valence-electron chi connectivity index (χ0n) is 8.74. The van der Waals surface area contributed by atoms with Gasteiger partial charge in [0.2, 0.25) is 0 Å². The van der Waals surface area contributed by atoms with Crippen molar-refractivity contribution in [1.29, 1.82) is 0 Å². The predicted octanol–water partition coefficient (Wildman–Crippen LogP) is 0.962. The minimum Gasteiger partial charge on any atom is -0.480 e. The van der Waals surface area contributed by atoms with Crippen molar-refractivity contribution in [3.63, 3.8) is 0 Å². The van der Waals surface area contributed by atoms with E-state index in [0.29, 0.717) is 6.10 Å². The normalized spacial score (nSPS) is 21.7. The van der Waals surface area contributed by atoms with Crippen molar-refractivity contribution in [1.82, 2.24) is 4.90 Å². The van der Waals surface area contributed by atoms with Crippen LogP contribution in [0.1, 0.15) is 25.7 Å². The van der Waals surface area contributed by atoms with E-state index in [9.17, 15) is 4.79 Å². The number of aliphatic carboxylic acids is 1. The molecule has 1 fully saturated rings. The smallest absolute Gasteiger partial charge is 0.317 e. The molecule has 1 heterocycles.